The Hall–Kier alpha value is -1.37. The summed E-state index contributed by atoms with van der Waals surface area (Å²) in [5.41, 5.74) is -0.971. The second kappa shape index (κ2) is 6.17. The van der Waals surface area contributed by atoms with Gasteiger partial charge in [-0.05, 0) is 18.8 Å². The fraction of sp³-hybridized carbons (Fsp3) is 0.571. The van der Waals surface area contributed by atoms with Crippen molar-refractivity contribution in [1.29, 1.82) is 0 Å². The second-order valence-electron chi connectivity index (χ2n) is 5.46. The third-order valence-electron chi connectivity index (χ3n) is 3.62. The molecule has 7 heteroatoms. The molecule has 0 aliphatic carbocycles. The van der Waals surface area contributed by atoms with Crippen LogP contribution in [0.25, 0.3) is 0 Å². The summed E-state index contributed by atoms with van der Waals surface area (Å²) in [5.74, 6) is -9.50. The van der Waals surface area contributed by atoms with Crippen LogP contribution in [0.4, 0.5) is 27.6 Å². The van der Waals surface area contributed by atoms with Crippen molar-refractivity contribution < 1.29 is 26.7 Å². The maximum absolute atomic E-state index is 13.6. The van der Waals surface area contributed by atoms with Crippen LogP contribution in [-0.4, -0.2) is 18.8 Å². The van der Waals surface area contributed by atoms with Gasteiger partial charge in [-0.2, -0.15) is 0 Å². The zero-order valence-electron chi connectivity index (χ0n) is 11.7. The first-order valence-electron chi connectivity index (χ1n) is 6.72. The molecule has 1 fully saturated rings. The Labute approximate surface area is 119 Å². The average Bonchev–Trinajstić information content (AvgIpc) is 2.48. The number of benzene rings is 1. The van der Waals surface area contributed by atoms with Gasteiger partial charge < -0.3 is 10.1 Å². The fourth-order valence-corrected chi connectivity index (χ4v) is 2.36. The van der Waals surface area contributed by atoms with Gasteiger partial charge in [-0.1, -0.05) is 13.8 Å². The van der Waals surface area contributed by atoms with Crippen LogP contribution >= 0.6 is 0 Å². The van der Waals surface area contributed by atoms with Gasteiger partial charge in [0.15, 0.2) is 23.3 Å². The third kappa shape index (κ3) is 3.12. The smallest absolute Gasteiger partial charge is 0.200 e. The van der Waals surface area contributed by atoms with Crippen LogP contribution in [0.2, 0.25) is 0 Å². The number of halogens is 5. The molecule has 0 spiro atoms. The van der Waals surface area contributed by atoms with Gasteiger partial charge in [0, 0.05) is 12.6 Å². The maximum atomic E-state index is 13.6. The highest BCUT2D eigenvalue weighted by molar-refractivity contribution is 5.48. The fourth-order valence-electron chi connectivity index (χ4n) is 2.36. The van der Waals surface area contributed by atoms with Crippen LogP contribution in [0.1, 0.15) is 26.7 Å². The van der Waals surface area contributed by atoms with Crippen LogP contribution in [0.15, 0.2) is 0 Å². The molecule has 1 aromatic rings. The molecule has 2 unspecified atom stereocenters. The van der Waals surface area contributed by atoms with Crippen molar-refractivity contribution in [2.75, 3.05) is 11.9 Å². The van der Waals surface area contributed by atoms with E-state index in [0.717, 1.165) is 0 Å². The van der Waals surface area contributed by atoms with Gasteiger partial charge in [0.05, 0.1) is 6.10 Å². The predicted molar refractivity (Wildman–Crippen MR) is 67.5 cm³/mol. The summed E-state index contributed by atoms with van der Waals surface area (Å²) in [7, 11) is 0. The summed E-state index contributed by atoms with van der Waals surface area (Å²) >= 11 is 0. The summed E-state index contributed by atoms with van der Waals surface area (Å²) < 4.78 is 71.9. The molecule has 1 heterocycles. The quantitative estimate of drug-likeness (QED) is 0.518. The summed E-state index contributed by atoms with van der Waals surface area (Å²) in [6.07, 6.45) is 0.761. The zero-order chi connectivity index (χ0) is 15.7. The van der Waals surface area contributed by atoms with E-state index in [1.54, 1.807) is 0 Å². The topological polar surface area (TPSA) is 21.3 Å². The monoisotopic (exact) mass is 309 g/mol. The number of nitrogens with one attached hydrogen (secondary N) is 1. The molecule has 0 aromatic heterocycles. The van der Waals surface area contributed by atoms with Crippen LogP contribution in [0, 0.1) is 35.0 Å². The summed E-state index contributed by atoms with van der Waals surface area (Å²) in [4.78, 5) is 0. The molecule has 0 amide bonds. The molecule has 1 aliphatic heterocycles. The number of rotatable bonds is 3. The van der Waals surface area contributed by atoms with Crippen molar-refractivity contribution >= 4 is 5.69 Å². The van der Waals surface area contributed by atoms with E-state index in [2.05, 4.69) is 5.32 Å². The van der Waals surface area contributed by atoms with Crippen molar-refractivity contribution in [2.45, 2.75) is 38.8 Å². The lowest BCUT2D eigenvalue weighted by Crippen LogP contribution is -2.37. The van der Waals surface area contributed by atoms with Crippen molar-refractivity contribution in [3.63, 3.8) is 0 Å². The Kier molecular flexibility index (Phi) is 4.70. The number of anilines is 1. The number of ether oxygens (including phenoxy) is 1. The summed E-state index contributed by atoms with van der Waals surface area (Å²) in [5, 5.41) is 2.43. The van der Waals surface area contributed by atoms with E-state index < -0.39 is 40.8 Å². The Morgan fingerprint density at radius 3 is 2.00 bits per heavy atom. The molecule has 2 nitrogen and oxygen atoms in total. The van der Waals surface area contributed by atoms with Gasteiger partial charge >= 0.3 is 0 Å². The zero-order valence-corrected chi connectivity index (χ0v) is 11.7. The minimum atomic E-state index is -2.15. The van der Waals surface area contributed by atoms with Gasteiger partial charge in [-0.3, -0.25) is 0 Å². The van der Waals surface area contributed by atoms with Crippen LogP contribution in [0.5, 0.6) is 0 Å². The van der Waals surface area contributed by atoms with Gasteiger partial charge in [-0.25, -0.2) is 22.0 Å². The van der Waals surface area contributed by atoms with Gasteiger partial charge in [0.1, 0.15) is 5.69 Å². The molecule has 0 saturated carbocycles. The van der Waals surface area contributed by atoms with E-state index in [9.17, 15) is 22.0 Å². The van der Waals surface area contributed by atoms with E-state index >= 15 is 0 Å². The molecule has 2 rings (SSSR count). The highest BCUT2D eigenvalue weighted by Crippen LogP contribution is 2.30. The highest BCUT2D eigenvalue weighted by Gasteiger charge is 2.30. The average molecular weight is 309 g/mol. The molecule has 1 aliphatic rings. The maximum Gasteiger partial charge on any atom is 0.200 e. The molecule has 118 valence electrons. The van der Waals surface area contributed by atoms with Gasteiger partial charge in [-0.15, -0.1) is 0 Å². The molecular weight excluding hydrogens is 293 g/mol. The number of hydrogen-bond donors (Lipinski definition) is 1. The van der Waals surface area contributed by atoms with Gasteiger partial charge in [0.2, 0.25) is 5.82 Å². The van der Waals surface area contributed by atoms with Crippen LogP contribution < -0.4 is 5.32 Å². The van der Waals surface area contributed by atoms with Crippen LogP contribution in [-0.2, 0) is 4.74 Å². The first kappa shape index (κ1) is 16.0. The normalized spacial score (nSPS) is 22.7. The Morgan fingerprint density at radius 2 is 1.48 bits per heavy atom. The van der Waals surface area contributed by atoms with Crippen LogP contribution in [0.3, 0.4) is 0 Å². The molecule has 21 heavy (non-hydrogen) atoms. The first-order valence-corrected chi connectivity index (χ1v) is 6.72. The molecule has 1 N–H and O–H groups in total. The predicted octanol–water partition coefficient (Wildman–Crippen LogP) is 4.00. The summed E-state index contributed by atoms with van der Waals surface area (Å²) in [6, 6.07) is -0.403. The molecule has 0 bridgehead atoms. The van der Waals surface area contributed by atoms with E-state index in [1.807, 2.05) is 13.8 Å². The standard InChI is InChI=1S/C14H16F5NO/c1-6(2)8-5-7(3-4-21-8)20-14-12(18)10(16)9(15)11(17)13(14)19/h6-8,20H,3-5H2,1-2H3. The van der Waals surface area contributed by atoms with Crippen molar-refractivity contribution in [2.24, 2.45) is 5.92 Å². The lowest BCUT2D eigenvalue weighted by molar-refractivity contribution is -0.0161. The molecule has 1 saturated heterocycles. The lowest BCUT2D eigenvalue weighted by atomic mass is 9.95. The largest absolute Gasteiger partial charge is 0.378 e. The lowest BCUT2D eigenvalue weighted by Gasteiger charge is -2.33. The van der Waals surface area contributed by atoms with Gasteiger partial charge in [0.25, 0.3) is 0 Å². The molecule has 1 aromatic carbocycles. The van der Waals surface area contributed by atoms with E-state index in [0.29, 0.717) is 19.4 Å². The number of hydrogen-bond acceptors (Lipinski definition) is 2. The minimum Gasteiger partial charge on any atom is -0.378 e. The summed E-state index contributed by atoms with van der Waals surface area (Å²) in [6.45, 7) is 4.24. The SMILES string of the molecule is CC(C)C1CC(Nc2c(F)c(F)c(F)c(F)c2F)CCO1. The van der Waals surface area contributed by atoms with E-state index in [1.165, 1.54) is 0 Å². The Bertz CT molecular complexity index is 506. The second-order valence-corrected chi connectivity index (χ2v) is 5.46. The van der Waals surface area contributed by atoms with E-state index in [-0.39, 0.29) is 12.0 Å². The third-order valence-corrected chi connectivity index (χ3v) is 3.62. The van der Waals surface area contributed by atoms with Crippen molar-refractivity contribution in [1.82, 2.24) is 0 Å². The Morgan fingerprint density at radius 1 is 0.952 bits per heavy atom. The molecule has 2 atom stereocenters. The molecular formula is C14H16F5NO. The van der Waals surface area contributed by atoms with Crippen molar-refractivity contribution in [3.05, 3.63) is 29.1 Å². The first-order chi connectivity index (χ1) is 9.82. The highest BCUT2D eigenvalue weighted by atomic mass is 19.2. The van der Waals surface area contributed by atoms with E-state index in [4.69, 9.17) is 4.74 Å². The van der Waals surface area contributed by atoms with Crippen molar-refractivity contribution in [3.8, 4) is 0 Å². The minimum absolute atomic E-state index is 0.113. The Balaban J connectivity index is 2.24. The molecule has 0 radical (unpaired) electrons.